The van der Waals surface area contributed by atoms with Gasteiger partial charge in [-0.05, 0) is 43.0 Å². The van der Waals surface area contributed by atoms with Crippen LogP contribution in [-0.2, 0) is 6.54 Å². The SMILES string of the molecule is CC(CC1CCCCC1)NCc1ccccc1NC(=O)NC(=O)c1ccccc1. The van der Waals surface area contributed by atoms with E-state index in [-0.39, 0.29) is 0 Å². The second kappa shape index (κ2) is 10.8. The molecule has 0 aliphatic heterocycles. The van der Waals surface area contributed by atoms with Crippen molar-refractivity contribution >= 4 is 17.6 Å². The summed E-state index contributed by atoms with van der Waals surface area (Å²) < 4.78 is 0. The lowest BCUT2D eigenvalue weighted by Crippen LogP contribution is -2.35. The number of anilines is 1. The van der Waals surface area contributed by atoms with Crippen molar-refractivity contribution in [1.82, 2.24) is 10.6 Å². The summed E-state index contributed by atoms with van der Waals surface area (Å²) in [7, 11) is 0. The molecular weight excluding hydrogens is 362 g/mol. The molecule has 154 valence electrons. The topological polar surface area (TPSA) is 70.2 Å². The van der Waals surface area contributed by atoms with Crippen LogP contribution < -0.4 is 16.0 Å². The highest BCUT2D eigenvalue weighted by molar-refractivity contribution is 6.08. The molecule has 5 heteroatoms. The molecule has 1 atom stereocenters. The average Bonchev–Trinajstić information content (AvgIpc) is 2.74. The highest BCUT2D eigenvalue weighted by atomic mass is 16.2. The molecule has 1 fully saturated rings. The first kappa shape index (κ1) is 21.1. The average molecular weight is 394 g/mol. The molecule has 1 unspecified atom stereocenters. The Morgan fingerprint density at radius 1 is 0.966 bits per heavy atom. The highest BCUT2D eigenvalue weighted by Crippen LogP contribution is 2.27. The number of carbonyl (C=O) groups is 2. The van der Waals surface area contributed by atoms with Crippen LogP contribution in [0.5, 0.6) is 0 Å². The molecule has 0 saturated heterocycles. The van der Waals surface area contributed by atoms with E-state index in [0.717, 1.165) is 11.5 Å². The molecule has 0 radical (unpaired) electrons. The lowest BCUT2D eigenvalue weighted by Gasteiger charge is -2.25. The molecule has 1 aliphatic carbocycles. The van der Waals surface area contributed by atoms with Crippen LogP contribution in [-0.4, -0.2) is 18.0 Å². The summed E-state index contributed by atoms with van der Waals surface area (Å²) in [5, 5.41) is 8.77. The van der Waals surface area contributed by atoms with Crippen molar-refractivity contribution in [3.63, 3.8) is 0 Å². The standard InChI is InChI=1S/C24H31N3O2/c1-18(16-19-10-4-2-5-11-19)25-17-21-14-8-9-15-22(21)26-24(29)27-23(28)20-12-6-3-7-13-20/h3,6-9,12-15,18-19,25H,2,4-5,10-11,16-17H2,1H3,(H2,26,27,28,29). The second-order valence-electron chi connectivity index (χ2n) is 7.95. The van der Waals surface area contributed by atoms with Crippen molar-refractivity contribution in [1.29, 1.82) is 0 Å². The highest BCUT2D eigenvalue weighted by Gasteiger charge is 2.17. The van der Waals surface area contributed by atoms with Gasteiger partial charge >= 0.3 is 6.03 Å². The van der Waals surface area contributed by atoms with Crippen molar-refractivity contribution in [2.24, 2.45) is 5.92 Å². The van der Waals surface area contributed by atoms with Crippen LogP contribution in [0.1, 0.15) is 61.4 Å². The van der Waals surface area contributed by atoms with E-state index in [9.17, 15) is 9.59 Å². The zero-order valence-electron chi connectivity index (χ0n) is 17.1. The maximum atomic E-state index is 12.3. The van der Waals surface area contributed by atoms with Crippen molar-refractivity contribution < 1.29 is 9.59 Å². The minimum atomic E-state index is -0.526. The van der Waals surface area contributed by atoms with Gasteiger partial charge in [0.05, 0.1) is 0 Å². The third-order valence-electron chi connectivity index (χ3n) is 5.58. The van der Waals surface area contributed by atoms with Crippen LogP contribution in [0.15, 0.2) is 54.6 Å². The monoisotopic (exact) mass is 393 g/mol. The largest absolute Gasteiger partial charge is 0.326 e. The molecular formula is C24H31N3O2. The van der Waals surface area contributed by atoms with E-state index in [4.69, 9.17) is 0 Å². The van der Waals surface area contributed by atoms with Gasteiger partial charge in [-0.3, -0.25) is 10.1 Å². The van der Waals surface area contributed by atoms with Gasteiger partial charge < -0.3 is 10.6 Å². The Morgan fingerprint density at radius 2 is 1.66 bits per heavy atom. The number of rotatable bonds is 7. The molecule has 0 aromatic heterocycles. The van der Waals surface area contributed by atoms with Crippen LogP contribution in [0.2, 0.25) is 0 Å². The van der Waals surface area contributed by atoms with Gasteiger partial charge in [0, 0.05) is 23.8 Å². The summed E-state index contributed by atoms with van der Waals surface area (Å²) in [6.45, 7) is 2.91. The summed E-state index contributed by atoms with van der Waals surface area (Å²) in [4.78, 5) is 24.4. The molecule has 5 nitrogen and oxygen atoms in total. The van der Waals surface area contributed by atoms with Crippen molar-refractivity contribution in [2.45, 2.75) is 58.0 Å². The fourth-order valence-electron chi connectivity index (χ4n) is 4.01. The Bertz CT molecular complexity index is 801. The van der Waals surface area contributed by atoms with Crippen LogP contribution in [0.4, 0.5) is 10.5 Å². The number of carbonyl (C=O) groups excluding carboxylic acids is 2. The fourth-order valence-corrected chi connectivity index (χ4v) is 4.01. The van der Waals surface area contributed by atoms with Gasteiger partial charge in [-0.1, -0.05) is 68.5 Å². The molecule has 3 amide bonds. The van der Waals surface area contributed by atoms with Gasteiger partial charge in [0.25, 0.3) is 5.91 Å². The maximum Gasteiger partial charge on any atom is 0.326 e. The summed E-state index contributed by atoms with van der Waals surface area (Å²) in [6.07, 6.45) is 8.00. The number of urea groups is 1. The third kappa shape index (κ3) is 6.71. The number of benzene rings is 2. The minimum absolute atomic E-state index is 0.417. The first-order valence-electron chi connectivity index (χ1n) is 10.6. The van der Waals surface area contributed by atoms with Crippen LogP contribution >= 0.6 is 0 Å². The molecule has 0 heterocycles. The minimum Gasteiger partial charge on any atom is -0.310 e. The molecule has 2 aromatic rings. The summed E-state index contributed by atoms with van der Waals surface area (Å²) in [6, 6.07) is 16.3. The maximum absolute atomic E-state index is 12.3. The predicted octanol–water partition coefficient (Wildman–Crippen LogP) is 5.10. The molecule has 1 saturated carbocycles. The van der Waals surface area contributed by atoms with E-state index < -0.39 is 11.9 Å². The summed E-state index contributed by atoms with van der Waals surface area (Å²) in [5.41, 5.74) is 2.17. The number of amides is 3. The molecule has 2 aromatic carbocycles. The van der Waals surface area contributed by atoms with Crippen LogP contribution in [0, 0.1) is 5.92 Å². The van der Waals surface area contributed by atoms with Gasteiger partial charge in [0.2, 0.25) is 0 Å². The molecule has 1 aliphatic rings. The van der Waals surface area contributed by atoms with E-state index >= 15 is 0 Å². The van der Waals surface area contributed by atoms with Gasteiger partial charge in [0.1, 0.15) is 0 Å². The first-order chi connectivity index (χ1) is 14.1. The van der Waals surface area contributed by atoms with Gasteiger partial charge in [-0.15, -0.1) is 0 Å². The van der Waals surface area contributed by atoms with Gasteiger partial charge in [0.15, 0.2) is 0 Å². The first-order valence-corrected chi connectivity index (χ1v) is 10.6. The number of para-hydroxylation sites is 1. The molecule has 0 spiro atoms. The predicted molar refractivity (Wildman–Crippen MR) is 117 cm³/mol. The molecule has 0 bridgehead atoms. The van der Waals surface area contributed by atoms with E-state index in [1.165, 1.54) is 38.5 Å². The third-order valence-corrected chi connectivity index (χ3v) is 5.58. The Morgan fingerprint density at radius 3 is 2.41 bits per heavy atom. The quantitative estimate of drug-likeness (QED) is 0.613. The lowest BCUT2D eigenvalue weighted by molar-refractivity contribution is 0.0967. The Kier molecular flexibility index (Phi) is 7.82. The summed E-state index contributed by atoms with van der Waals surface area (Å²) >= 11 is 0. The smallest absolute Gasteiger partial charge is 0.310 e. The zero-order valence-corrected chi connectivity index (χ0v) is 17.1. The second-order valence-corrected chi connectivity index (χ2v) is 7.95. The fraction of sp³-hybridized carbons (Fsp3) is 0.417. The van der Waals surface area contributed by atoms with Crippen LogP contribution in [0.25, 0.3) is 0 Å². The van der Waals surface area contributed by atoms with Crippen molar-refractivity contribution in [3.8, 4) is 0 Å². The van der Waals surface area contributed by atoms with Crippen molar-refractivity contribution in [3.05, 3.63) is 65.7 Å². The number of nitrogens with one attached hydrogen (secondary N) is 3. The van der Waals surface area contributed by atoms with E-state index in [1.807, 2.05) is 30.3 Å². The van der Waals surface area contributed by atoms with Gasteiger partial charge in [-0.25, -0.2) is 4.79 Å². The number of imide groups is 1. The number of hydrogen-bond acceptors (Lipinski definition) is 3. The molecule has 3 rings (SSSR count). The normalized spacial score (nSPS) is 15.5. The van der Waals surface area contributed by atoms with E-state index in [1.54, 1.807) is 24.3 Å². The Hall–Kier alpha value is -2.66. The van der Waals surface area contributed by atoms with E-state index in [0.29, 0.717) is 23.8 Å². The summed E-state index contributed by atoms with van der Waals surface area (Å²) in [5.74, 6) is 0.411. The Balaban J connectivity index is 1.51. The van der Waals surface area contributed by atoms with E-state index in [2.05, 4.69) is 22.9 Å². The van der Waals surface area contributed by atoms with Gasteiger partial charge in [-0.2, -0.15) is 0 Å². The van der Waals surface area contributed by atoms with Crippen molar-refractivity contribution in [2.75, 3.05) is 5.32 Å². The zero-order chi connectivity index (χ0) is 20.5. The van der Waals surface area contributed by atoms with Crippen LogP contribution in [0.3, 0.4) is 0 Å². The molecule has 29 heavy (non-hydrogen) atoms. The molecule has 3 N–H and O–H groups in total. The lowest BCUT2D eigenvalue weighted by atomic mass is 9.85. The number of hydrogen-bond donors (Lipinski definition) is 3. The Labute approximate surface area is 173 Å².